The van der Waals surface area contributed by atoms with E-state index >= 15 is 0 Å². The lowest BCUT2D eigenvalue weighted by atomic mass is 9.68. The molecule has 2 heteroatoms. The van der Waals surface area contributed by atoms with Crippen LogP contribution in [-0.2, 0) is 5.41 Å². The van der Waals surface area contributed by atoms with Gasteiger partial charge >= 0.3 is 0 Å². The molecule has 0 saturated heterocycles. The molecular weight excluding hydrogens is 515 g/mol. The first-order valence-electron chi connectivity index (χ1n) is 15.2. The molecule has 1 aromatic heterocycles. The molecule has 0 aliphatic carbocycles. The predicted molar refractivity (Wildman–Crippen MR) is 181 cm³/mol. The van der Waals surface area contributed by atoms with Crippen LogP contribution in [0.4, 0.5) is 11.4 Å². The lowest BCUT2D eigenvalue weighted by Gasteiger charge is -2.36. The van der Waals surface area contributed by atoms with E-state index < -0.39 is 0 Å². The molecule has 210 valence electrons. The molecule has 0 aliphatic rings. The quantitative estimate of drug-likeness (QED) is 0.147. The Kier molecular flexibility index (Phi) is 9.42. The normalized spacial score (nSPS) is 11.5. The Hall–Kier alpha value is -3.62. The molecule has 1 nitrogen and oxygen atoms in total. The standard InChI is InChI=1S/C39H43NS/c1-5-7-28-39(29-8-6-2,33-18-14-30(3)15-19-33)34-20-24-36(25-21-34)40(4)35-22-16-32(17-23-35)38-27-26-37(41-38)31-12-10-9-11-13-31/h9-27H,5-8,28-29H2,1-4H3. The van der Waals surface area contributed by atoms with E-state index in [0.717, 1.165) is 0 Å². The number of rotatable bonds is 12. The zero-order valence-electron chi connectivity index (χ0n) is 25.1. The Morgan fingerprint density at radius 2 is 1.02 bits per heavy atom. The van der Waals surface area contributed by atoms with Gasteiger partial charge in [-0.2, -0.15) is 0 Å². The number of nitrogens with zero attached hydrogens (tertiary/aromatic N) is 1. The van der Waals surface area contributed by atoms with Gasteiger partial charge in [0.05, 0.1) is 0 Å². The summed E-state index contributed by atoms with van der Waals surface area (Å²) >= 11 is 1.85. The van der Waals surface area contributed by atoms with E-state index in [0.29, 0.717) is 0 Å². The highest BCUT2D eigenvalue weighted by molar-refractivity contribution is 7.18. The number of unbranched alkanes of at least 4 members (excludes halogenated alkanes) is 2. The van der Waals surface area contributed by atoms with Crippen LogP contribution in [0.3, 0.4) is 0 Å². The Balaban J connectivity index is 1.38. The maximum absolute atomic E-state index is 2.39. The molecule has 1 heterocycles. The van der Waals surface area contributed by atoms with Crippen LogP contribution in [0.25, 0.3) is 20.9 Å². The molecule has 0 unspecified atom stereocenters. The summed E-state index contributed by atoms with van der Waals surface area (Å²) in [6.07, 6.45) is 7.30. The second kappa shape index (κ2) is 13.4. The predicted octanol–water partition coefficient (Wildman–Crippen LogP) is 11.8. The van der Waals surface area contributed by atoms with Gasteiger partial charge < -0.3 is 4.90 Å². The van der Waals surface area contributed by atoms with Gasteiger partial charge in [0.25, 0.3) is 0 Å². The molecule has 0 spiro atoms. The Morgan fingerprint density at radius 1 is 0.561 bits per heavy atom. The number of benzene rings is 4. The maximum Gasteiger partial charge on any atom is 0.0408 e. The maximum atomic E-state index is 2.39. The van der Waals surface area contributed by atoms with Crippen molar-refractivity contribution in [2.24, 2.45) is 0 Å². The van der Waals surface area contributed by atoms with Crippen LogP contribution in [0.5, 0.6) is 0 Å². The Labute approximate surface area is 251 Å². The molecule has 0 amide bonds. The fourth-order valence-corrected chi connectivity index (χ4v) is 6.97. The summed E-state index contributed by atoms with van der Waals surface area (Å²) in [6.45, 7) is 6.80. The van der Waals surface area contributed by atoms with Gasteiger partial charge in [0, 0.05) is 33.6 Å². The van der Waals surface area contributed by atoms with E-state index in [2.05, 4.69) is 148 Å². The van der Waals surface area contributed by atoms with E-state index in [1.54, 1.807) is 0 Å². The third-order valence-electron chi connectivity index (χ3n) is 8.53. The highest BCUT2D eigenvalue weighted by atomic mass is 32.1. The number of anilines is 2. The smallest absolute Gasteiger partial charge is 0.0408 e. The van der Waals surface area contributed by atoms with E-state index in [9.17, 15) is 0 Å². The molecule has 0 fully saturated rings. The molecule has 0 saturated carbocycles. The molecule has 0 atom stereocenters. The second-order valence-corrected chi connectivity index (χ2v) is 12.4. The van der Waals surface area contributed by atoms with Crippen LogP contribution in [0.2, 0.25) is 0 Å². The van der Waals surface area contributed by atoms with Crippen molar-refractivity contribution in [3.8, 4) is 20.9 Å². The minimum absolute atomic E-state index is 0.0672. The van der Waals surface area contributed by atoms with Crippen molar-refractivity contribution in [3.05, 3.63) is 132 Å². The SMILES string of the molecule is CCCCC(CCCC)(c1ccc(C)cc1)c1ccc(N(C)c2ccc(-c3ccc(-c4ccccc4)s3)cc2)cc1. The highest BCUT2D eigenvalue weighted by Crippen LogP contribution is 2.43. The average molecular weight is 558 g/mol. The first-order valence-corrected chi connectivity index (χ1v) is 16.0. The summed E-state index contributed by atoms with van der Waals surface area (Å²) in [5, 5.41) is 0. The summed E-state index contributed by atoms with van der Waals surface area (Å²) < 4.78 is 0. The third-order valence-corrected chi connectivity index (χ3v) is 9.71. The molecule has 0 aliphatic heterocycles. The zero-order valence-corrected chi connectivity index (χ0v) is 25.9. The van der Waals surface area contributed by atoms with E-state index in [1.165, 1.54) is 87.5 Å². The molecule has 5 aromatic rings. The van der Waals surface area contributed by atoms with Crippen LogP contribution in [-0.4, -0.2) is 7.05 Å². The molecule has 41 heavy (non-hydrogen) atoms. The Bertz CT molecular complexity index is 1490. The number of hydrogen-bond donors (Lipinski definition) is 0. The van der Waals surface area contributed by atoms with Crippen molar-refractivity contribution in [3.63, 3.8) is 0 Å². The van der Waals surface area contributed by atoms with Gasteiger partial charge in [0.1, 0.15) is 0 Å². The van der Waals surface area contributed by atoms with E-state index in [1.807, 2.05) is 11.3 Å². The van der Waals surface area contributed by atoms with Crippen LogP contribution in [0.1, 0.15) is 69.1 Å². The van der Waals surface area contributed by atoms with Crippen LogP contribution in [0.15, 0.2) is 115 Å². The van der Waals surface area contributed by atoms with Crippen molar-refractivity contribution in [1.29, 1.82) is 0 Å². The topological polar surface area (TPSA) is 3.24 Å². The van der Waals surface area contributed by atoms with Gasteiger partial charge in [-0.05, 0) is 78.4 Å². The van der Waals surface area contributed by atoms with Gasteiger partial charge in [-0.3, -0.25) is 0 Å². The fraction of sp³-hybridized carbons (Fsp3) is 0.282. The minimum atomic E-state index is 0.0672. The van der Waals surface area contributed by atoms with Crippen molar-refractivity contribution >= 4 is 22.7 Å². The van der Waals surface area contributed by atoms with Crippen LogP contribution >= 0.6 is 11.3 Å². The largest absolute Gasteiger partial charge is 0.345 e. The Morgan fingerprint density at radius 3 is 1.54 bits per heavy atom. The lowest BCUT2D eigenvalue weighted by Crippen LogP contribution is -2.28. The molecule has 4 aromatic carbocycles. The average Bonchev–Trinajstić information content (AvgIpc) is 3.53. The van der Waals surface area contributed by atoms with Crippen molar-refractivity contribution in [2.45, 2.75) is 64.7 Å². The van der Waals surface area contributed by atoms with Gasteiger partial charge in [0.2, 0.25) is 0 Å². The first kappa shape index (κ1) is 28.9. The van der Waals surface area contributed by atoms with Crippen molar-refractivity contribution in [1.82, 2.24) is 0 Å². The summed E-state index contributed by atoms with van der Waals surface area (Å²) in [7, 11) is 2.17. The number of hydrogen-bond acceptors (Lipinski definition) is 2. The molecular formula is C39H43NS. The summed E-state index contributed by atoms with van der Waals surface area (Å²) in [5.41, 5.74) is 9.26. The van der Waals surface area contributed by atoms with Gasteiger partial charge in [-0.1, -0.05) is 124 Å². The third kappa shape index (κ3) is 6.49. The molecule has 0 bridgehead atoms. The minimum Gasteiger partial charge on any atom is -0.345 e. The molecule has 5 rings (SSSR count). The monoisotopic (exact) mass is 557 g/mol. The summed E-state index contributed by atoms with van der Waals surface area (Å²) in [6, 6.07) is 42.8. The molecule has 0 N–H and O–H groups in total. The van der Waals surface area contributed by atoms with E-state index in [-0.39, 0.29) is 5.41 Å². The summed E-state index contributed by atoms with van der Waals surface area (Å²) in [4.78, 5) is 4.90. The fourth-order valence-electron chi connectivity index (χ4n) is 5.95. The summed E-state index contributed by atoms with van der Waals surface area (Å²) in [5.74, 6) is 0. The molecule has 0 radical (unpaired) electrons. The van der Waals surface area contributed by atoms with Crippen molar-refractivity contribution in [2.75, 3.05) is 11.9 Å². The van der Waals surface area contributed by atoms with Gasteiger partial charge in [-0.25, -0.2) is 0 Å². The second-order valence-electron chi connectivity index (χ2n) is 11.3. The van der Waals surface area contributed by atoms with Crippen LogP contribution in [0, 0.1) is 6.92 Å². The van der Waals surface area contributed by atoms with Gasteiger partial charge in [-0.15, -0.1) is 11.3 Å². The highest BCUT2D eigenvalue weighted by Gasteiger charge is 2.33. The number of thiophene rings is 1. The van der Waals surface area contributed by atoms with Crippen molar-refractivity contribution < 1.29 is 0 Å². The zero-order chi connectivity index (χ0) is 28.7. The van der Waals surface area contributed by atoms with E-state index in [4.69, 9.17) is 0 Å². The number of aryl methyl sites for hydroxylation is 1. The van der Waals surface area contributed by atoms with Crippen LogP contribution < -0.4 is 4.90 Å². The first-order chi connectivity index (χ1) is 20.0. The van der Waals surface area contributed by atoms with Gasteiger partial charge in [0.15, 0.2) is 0 Å². The lowest BCUT2D eigenvalue weighted by molar-refractivity contribution is 0.406.